The SMILES string of the molecule is Cc1cc(Br)cc(C)c1Nc1cc(NN)ncn1. The molecule has 2 aromatic rings. The first-order valence-corrected chi connectivity index (χ1v) is 6.22. The van der Waals surface area contributed by atoms with Crippen LogP contribution in [0, 0.1) is 13.8 Å². The van der Waals surface area contributed by atoms with E-state index < -0.39 is 0 Å². The molecule has 0 aliphatic carbocycles. The first kappa shape index (κ1) is 12.8. The molecule has 0 saturated carbocycles. The zero-order valence-electron chi connectivity index (χ0n) is 10.2. The van der Waals surface area contributed by atoms with Crippen molar-refractivity contribution in [2.75, 3.05) is 10.7 Å². The lowest BCUT2D eigenvalue weighted by Crippen LogP contribution is -2.09. The Labute approximate surface area is 114 Å². The van der Waals surface area contributed by atoms with Crippen LogP contribution in [0.3, 0.4) is 0 Å². The number of anilines is 3. The quantitative estimate of drug-likeness (QED) is 0.600. The number of benzene rings is 1. The lowest BCUT2D eigenvalue weighted by Gasteiger charge is -2.13. The highest BCUT2D eigenvalue weighted by atomic mass is 79.9. The molecule has 6 heteroatoms. The van der Waals surface area contributed by atoms with E-state index in [1.54, 1.807) is 6.07 Å². The fourth-order valence-electron chi connectivity index (χ4n) is 1.74. The minimum atomic E-state index is 0.569. The molecule has 1 aromatic heterocycles. The molecule has 0 amide bonds. The molecule has 4 N–H and O–H groups in total. The molecule has 0 atom stereocenters. The Hall–Kier alpha value is -1.66. The minimum absolute atomic E-state index is 0.569. The van der Waals surface area contributed by atoms with E-state index in [2.05, 4.69) is 48.8 Å². The Morgan fingerprint density at radius 2 is 1.67 bits per heavy atom. The van der Waals surface area contributed by atoms with Gasteiger partial charge in [-0.05, 0) is 37.1 Å². The van der Waals surface area contributed by atoms with Crippen LogP contribution in [-0.2, 0) is 0 Å². The molecule has 0 bridgehead atoms. The van der Waals surface area contributed by atoms with E-state index >= 15 is 0 Å². The third-order valence-electron chi connectivity index (χ3n) is 2.57. The molecule has 0 radical (unpaired) electrons. The number of aryl methyl sites for hydroxylation is 2. The van der Waals surface area contributed by atoms with Crippen LogP contribution in [0.2, 0.25) is 0 Å². The van der Waals surface area contributed by atoms with Gasteiger partial charge < -0.3 is 10.7 Å². The van der Waals surface area contributed by atoms with Crippen LogP contribution >= 0.6 is 15.9 Å². The molecule has 0 spiro atoms. The largest absolute Gasteiger partial charge is 0.340 e. The van der Waals surface area contributed by atoms with Crippen molar-refractivity contribution in [3.05, 3.63) is 40.1 Å². The van der Waals surface area contributed by atoms with Gasteiger partial charge >= 0.3 is 0 Å². The fourth-order valence-corrected chi connectivity index (χ4v) is 2.43. The molecule has 1 heterocycles. The minimum Gasteiger partial charge on any atom is -0.340 e. The van der Waals surface area contributed by atoms with Crippen molar-refractivity contribution < 1.29 is 0 Å². The van der Waals surface area contributed by atoms with Crippen LogP contribution < -0.4 is 16.6 Å². The van der Waals surface area contributed by atoms with Crippen molar-refractivity contribution in [1.29, 1.82) is 0 Å². The number of nitrogens with two attached hydrogens (primary N) is 1. The Morgan fingerprint density at radius 1 is 1.06 bits per heavy atom. The van der Waals surface area contributed by atoms with Gasteiger partial charge in [0.2, 0.25) is 0 Å². The Kier molecular flexibility index (Phi) is 3.78. The van der Waals surface area contributed by atoms with Crippen LogP contribution in [0.1, 0.15) is 11.1 Å². The first-order chi connectivity index (χ1) is 8.60. The highest BCUT2D eigenvalue weighted by Crippen LogP contribution is 2.27. The van der Waals surface area contributed by atoms with Gasteiger partial charge in [-0.25, -0.2) is 15.8 Å². The average Bonchev–Trinajstić information content (AvgIpc) is 2.34. The molecule has 94 valence electrons. The molecule has 0 aliphatic heterocycles. The van der Waals surface area contributed by atoms with Crippen LogP contribution in [0.4, 0.5) is 17.3 Å². The second kappa shape index (κ2) is 5.32. The topological polar surface area (TPSA) is 75.9 Å². The van der Waals surface area contributed by atoms with Crippen molar-refractivity contribution in [2.45, 2.75) is 13.8 Å². The summed E-state index contributed by atoms with van der Waals surface area (Å²) in [6.07, 6.45) is 1.46. The van der Waals surface area contributed by atoms with Crippen LogP contribution in [0.25, 0.3) is 0 Å². The summed E-state index contributed by atoms with van der Waals surface area (Å²) in [6.45, 7) is 4.09. The molecule has 1 aromatic carbocycles. The monoisotopic (exact) mass is 307 g/mol. The average molecular weight is 308 g/mol. The first-order valence-electron chi connectivity index (χ1n) is 5.42. The molecule has 0 fully saturated rings. The number of hydrogen-bond donors (Lipinski definition) is 3. The van der Waals surface area contributed by atoms with Crippen molar-refractivity contribution >= 4 is 33.3 Å². The molecular formula is C12H14BrN5. The number of hydrazine groups is 1. The van der Waals surface area contributed by atoms with E-state index in [0.29, 0.717) is 11.6 Å². The van der Waals surface area contributed by atoms with Crippen molar-refractivity contribution in [3.8, 4) is 0 Å². The number of hydrogen-bond acceptors (Lipinski definition) is 5. The number of nitrogens with zero attached hydrogens (tertiary/aromatic N) is 2. The normalized spacial score (nSPS) is 10.2. The van der Waals surface area contributed by atoms with E-state index in [1.807, 2.05) is 13.8 Å². The van der Waals surface area contributed by atoms with Gasteiger partial charge in [0.25, 0.3) is 0 Å². The number of nitrogens with one attached hydrogen (secondary N) is 2. The second-order valence-electron chi connectivity index (χ2n) is 3.97. The summed E-state index contributed by atoms with van der Waals surface area (Å²) in [6, 6.07) is 5.86. The Morgan fingerprint density at radius 3 is 2.28 bits per heavy atom. The predicted octanol–water partition coefficient (Wildman–Crippen LogP) is 2.89. The van der Waals surface area contributed by atoms with Gasteiger partial charge in [0.15, 0.2) is 0 Å². The molecule has 2 rings (SSSR count). The third kappa shape index (κ3) is 2.77. The third-order valence-corrected chi connectivity index (χ3v) is 3.02. The molecule has 18 heavy (non-hydrogen) atoms. The van der Waals surface area contributed by atoms with Gasteiger partial charge in [-0.15, -0.1) is 0 Å². The highest BCUT2D eigenvalue weighted by Gasteiger charge is 2.06. The van der Waals surface area contributed by atoms with E-state index in [-0.39, 0.29) is 0 Å². The highest BCUT2D eigenvalue weighted by molar-refractivity contribution is 9.10. The second-order valence-corrected chi connectivity index (χ2v) is 4.89. The standard InChI is InChI=1S/C12H14BrN5/c1-7-3-9(13)4-8(2)12(7)17-10-5-11(18-14)16-6-15-10/h3-6H,14H2,1-2H3,(H2,15,16,17,18). The molecule has 0 aliphatic rings. The van der Waals surface area contributed by atoms with Gasteiger partial charge in [0.05, 0.1) is 0 Å². The summed E-state index contributed by atoms with van der Waals surface area (Å²) >= 11 is 3.48. The van der Waals surface area contributed by atoms with Gasteiger partial charge in [0, 0.05) is 16.2 Å². The van der Waals surface area contributed by atoms with Crippen LogP contribution in [-0.4, -0.2) is 9.97 Å². The van der Waals surface area contributed by atoms with Crippen LogP contribution in [0.15, 0.2) is 29.0 Å². The van der Waals surface area contributed by atoms with Gasteiger partial charge in [-0.1, -0.05) is 15.9 Å². The number of aromatic nitrogens is 2. The maximum Gasteiger partial charge on any atom is 0.145 e. The maximum atomic E-state index is 5.32. The number of nitrogen functional groups attached to an aromatic ring is 1. The summed E-state index contributed by atoms with van der Waals surface area (Å²) in [5.74, 6) is 6.59. The maximum absolute atomic E-state index is 5.32. The van der Waals surface area contributed by atoms with E-state index in [1.165, 1.54) is 6.33 Å². The van der Waals surface area contributed by atoms with Crippen molar-refractivity contribution in [3.63, 3.8) is 0 Å². The fraction of sp³-hybridized carbons (Fsp3) is 0.167. The molecular weight excluding hydrogens is 294 g/mol. The summed E-state index contributed by atoms with van der Waals surface area (Å²) in [4.78, 5) is 8.12. The van der Waals surface area contributed by atoms with Crippen molar-refractivity contribution in [2.24, 2.45) is 5.84 Å². The zero-order chi connectivity index (χ0) is 13.1. The lowest BCUT2D eigenvalue weighted by atomic mass is 10.1. The summed E-state index contributed by atoms with van der Waals surface area (Å²) in [7, 11) is 0. The zero-order valence-corrected chi connectivity index (χ0v) is 11.7. The number of halogens is 1. The predicted molar refractivity (Wildman–Crippen MR) is 76.7 cm³/mol. The lowest BCUT2D eigenvalue weighted by molar-refractivity contribution is 1.13. The molecule has 0 saturated heterocycles. The van der Waals surface area contributed by atoms with E-state index in [9.17, 15) is 0 Å². The van der Waals surface area contributed by atoms with Gasteiger partial charge in [-0.3, -0.25) is 0 Å². The van der Waals surface area contributed by atoms with Gasteiger partial charge in [0.1, 0.15) is 18.0 Å². The summed E-state index contributed by atoms with van der Waals surface area (Å²) < 4.78 is 1.06. The Bertz CT molecular complexity index is 547. The molecule has 5 nitrogen and oxygen atoms in total. The van der Waals surface area contributed by atoms with Crippen LogP contribution in [0.5, 0.6) is 0 Å². The Balaban J connectivity index is 2.33. The van der Waals surface area contributed by atoms with E-state index in [0.717, 1.165) is 21.3 Å². The number of rotatable bonds is 3. The summed E-state index contributed by atoms with van der Waals surface area (Å²) in [5.41, 5.74) is 5.82. The van der Waals surface area contributed by atoms with Gasteiger partial charge in [-0.2, -0.15) is 0 Å². The molecule has 0 unspecified atom stereocenters. The summed E-state index contributed by atoms with van der Waals surface area (Å²) in [5, 5.41) is 3.27. The van der Waals surface area contributed by atoms with Crippen molar-refractivity contribution in [1.82, 2.24) is 9.97 Å². The van der Waals surface area contributed by atoms with E-state index in [4.69, 9.17) is 5.84 Å². The smallest absolute Gasteiger partial charge is 0.145 e.